The Kier molecular flexibility index (Phi) is 4.60. The summed E-state index contributed by atoms with van der Waals surface area (Å²) < 4.78 is 11.2. The largest absolute Gasteiger partial charge is 0.490 e. The first-order valence-electron chi connectivity index (χ1n) is 7.84. The number of piperidine rings is 1. The van der Waals surface area contributed by atoms with Gasteiger partial charge in [0.1, 0.15) is 0 Å². The van der Waals surface area contributed by atoms with Crippen LogP contribution in [-0.4, -0.2) is 38.8 Å². The number of anilines is 1. The van der Waals surface area contributed by atoms with E-state index in [0.29, 0.717) is 19.8 Å². The standard InChI is InChI=1S/C16H22N2O3/c19-16(12-18-7-2-1-3-8-18)17-13-5-6-14-15(11-13)21-10-4-9-20-14/h5-6,11H,1-4,7-10,12H2,(H,17,19)/p+1. The second kappa shape index (κ2) is 6.80. The fourth-order valence-electron chi connectivity index (χ4n) is 2.90. The number of carbonyl (C=O) groups is 1. The Morgan fingerprint density at radius 1 is 1.05 bits per heavy atom. The van der Waals surface area contributed by atoms with Gasteiger partial charge in [0.05, 0.1) is 26.3 Å². The van der Waals surface area contributed by atoms with Crippen molar-refractivity contribution in [2.75, 3.05) is 38.2 Å². The van der Waals surface area contributed by atoms with Crippen molar-refractivity contribution in [3.8, 4) is 11.5 Å². The molecule has 2 N–H and O–H groups in total. The van der Waals surface area contributed by atoms with Gasteiger partial charge in [-0.25, -0.2) is 0 Å². The molecule has 2 aliphatic heterocycles. The van der Waals surface area contributed by atoms with E-state index < -0.39 is 0 Å². The molecule has 5 nitrogen and oxygen atoms in total. The Morgan fingerprint density at radius 2 is 1.81 bits per heavy atom. The van der Waals surface area contributed by atoms with Crippen molar-refractivity contribution in [2.45, 2.75) is 25.7 Å². The minimum absolute atomic E-state index is 0.0707. The molecule has 114 valence electrons. The number of ether oxygens (including phenoxy) is 2. The molecule has 0 atom stereocenters. The van der Waals surface area contributed by atoms with Gasteiger partial charge in [0, 0.05) is 18.2 Å². The zero-order chi connectivity index (χ0) is 14.5. The van der Waals surface area contributed by atoms with Crippen molar-refractivity contribution in [1.29, 1.82) is 0 Å². The molecular weight excluding hydrogens is 268 g/mol. The number of likely N-dealkylation sites (tertiary alicyclic amines) is 1. The normalized spacial score (nSPS) is 18.9. The van der Waals surface area contributed by atoms with Crippen LogP contribution in [0.3, 0.4) is 0 Å². The van der Waals surface area contributed by atoms with E-state index in [4.69, 9.17) is 9.47 Å². The summed E-state index contributed by atoms with van der Waals surface area (Å²) in [5.74, 6) is 1.55. The molecule has 0 unspecified atom stereocenters. The minimum atomic E-state index is 0.0707. The van der Waals surface area contributed by atoms with Gasteiger partial charge in [-0.3, -0.25) is 4.79 Å². The van der Waals surface area contributed by atoms with Crippen LogP contribution in [0.15, 0.2) is 18.2 Å². The second-order valence-electron chi connectivity index (χ2n) is 5.75. The molecule has 21 heavy (non-hydrogen) atoms. The van der Waals surface area contributed by atoms with E-state index >= 15 is 0 Å². The molecule has 0 aliphatic carbocycles. The van der Waals surface area contributed by atoms with E-state index in [1.807, 2.05) is 18.2 Å². The lowest BCUT2D eigenvalue weighted by atomic mass is 10.1. The quantitative estimate of drug-likeness (QED) is 0.868. The van der Waals surface area contributed by atoms with Crippen molar-refractivity contribution in [2.24, 2.45) is 0 Å². The minimum Gasteiger partial charge on any atom is -0.490 e. The lowest BCUT2D eigenvalue weighted by Gasteiger charge is -2.22. The van der Waals surface area contributed by atoms with Crippen LogP contribution in [0.2, 0.25) is 0 Å². The molecule has 0 spiro atoms. The highest BCUT2D eigenvalue weighted by Gasteiger charge is 2.18. The van der Waals surface area contributed by atoms with Gasteiger partial charge in [-0.1, -0.05) is 0 Å². The van der Waals surface area contributed by atoms with Crippen LogP contribution >= 0.6 is 0 Å². The van der Waals surface area contributed by atoms with E-state index in [9.17, 15) is 4.79 Å². The Morgan fingerprint density at radius 3 is 2.62 bits per heavy atom. The van der Waals surface area contributed by atoms with Crippen molar-refractivity contribution in [3.05, 3.63) is 18.2 Å². The fraction of sp³-hybridized carbons (Fsp3) is 0.562. The third-order valence-electron chi connectivity index (χ3n) is 4.00. The van der Waals surface area contributed by atoms with Gasteiger partial charge < -0.3 is 19.7 Å². The van der Waals surface area contributed by atoms with Crippen LogP contribution in [0.5, 0.6) is 11.5 Å². The smallest absolute Gasteiger partial charge is 0.279 e. The number of nitrogens with one attached hydrogen (secondary N) is 2. The van der Waals surface area contributed by atoms with Gasteiger partial charge in [0.2, 0.25) is 0 Å². The molecule has 1 amide bonds. The second-order valence-corrected chi connectivity index (χ2v) is 5.75. The highest BCUT2D eigenvalue weighted by atomic mass is 16.5. The average Bonchev–Trinajstić information content (AvgIpc) is 2.73. The predicted octanol–water partition coefficient (Wildman–Crippen LogP) is 0.855. The van der Waals surface area contributed by atoms with E-state index in [0.717, 1.165) is 36.7 Å². The maximum Gasteiger partial charge on any atom is 0.279 e. The lowest BCUT2D eigenvalue weighted by molar-refractivity contribution is -0.896. The molecule has 2 aliphatic rings. The molecule has 0 bridgehead atoms. The number of fused-ring (bicyclic) bond motifs is 1. The van der Waals surface area contributed by atoms with Crippen LogP contribution in [0, 0.1) is 0 Å². The number of hydrogen-bond donors (Lipinski definition) is 2. The van der Waals surface area contributed by atoms with E-state index in [2.05, 4.69) is 5.32 Å². The molecule has 5 heteroatoms. The van der Waals surface area contributed by atoms with Crippen molar-refractivity contribution in [1.82, 2.24) is 0 Å². The van der Waals surface area contributed by atoms with Crippen LogP contribution in [0.1, 0.15) is 25.7 Å². The molecule has 1 aromatic rings. The SMILES string of the molecule is O=C(C[NH+]1CCCCC1)Nc1ccc2c(c1)OCCCO2. The highest BCUT2D eigenvalue weighted by molar-refractivity contribution is 5.91. The van der Waals surface area contributed by atoms with E-state index in [1.54, 1.807) is 0 Å². The molecule has 1 saturated heterocycles. The fourth-order valence-corrected chi connectivity index (χ4v) is 2.90. The summed E-state index contributed by atoms with van der Waals surface area (Å²) in [6.45, 7) is 4.09. The van der Waals surface area contributed by atoms with Gasteiger partial charge in [-0.05, 0) is 31.4 Å². The molecule has 2 heterocycles. The number of quaternary nitrogens is 1. The summed E-state index contributed by atoms with van der Waals surface area (Å²) in [5.41, 5.74) is 0.778. The van der Waals surface area contributed by atoms with Gasteiger partial charge in [-0.2, -0.15) is 0 Å². The van der Waals surface area contributed by atoms with Crippen LogP contribution in [0.4, 0.5) is 5.69 Å². The lowest BCUT2D eigenvalue weighted by Crippen LogP contribution is -3.13. The first-order chi connectivity index (χ1) is 10.3. The Hall–Kier alpha value is -1.75. The summed E-state index contributed by atoms with van der Waals surface area (Å²) in [7, 11) is 0. The first-order valence-corrected chi connectivity index (χ1v) is 7.84. The summed E-state index contributed by atoms with van der Waals surface area (Å²) in [6, 6.07) is 5.59. The van der Waals surface area contributed by atoms with Crippen molar-refractivity contribution >= 4 is 11.6 Å². The molecule has 1 fully saturated rings. The number of amides is 1. The van der Waals surface area contributed by atoms with Gasteiger partial charge in [-0.15, -0.1) is 0 Å². The molecular formula is C16H23N2O3+. The van der Waals surface area contributed by atoms with Crippen LogP contribution in [0.25, 0.3) is 0 Å². The number of benzene rings is 1. The van der Waals surface area contributed by atoms with Gasteiger partial charge in [0.15, 0.2) is 18.0 Å². The third kappa shape index (κ3) is 3.88. The van der Waals surface area contributed by atoms with Gasteiger partial charge >= 0.3 is 0 Å². The summed E-state index contributed by atoms with van der Waals surface area (Å²) in [6.07, 6.45) is 4.64. The number of carbonyl (C=O) groups excluding carboxylic acids is 1. The zero-order valence-corrected chi connectivity index (χ0v) is 12.3. The van der Waals surface area contributed by atoms with Crippen molar-refractivity contribution in [3.63, 3.8) is 0 Å². The van der Waals surface area contributed by atoms with Crippen LogP contribution < -0.4 is 19.7 Å². The maximum atomic E-state index is 12.1. The van der Waals surface area contributed by atoms with Gasteiger partial charge in [0.25, 0.3) is 5.91 Å². The number of rotatable bonds is 3. The average molecular weight is 291 g/mol. The van der Waals surface area contributed by atoms with E-state index in [-0.39, 0.29) is 5.91 Å². The van der Waals surface area contributed by atoms with Crippen molar-refractivity contribution < 1.29 is 19.2 Å². The van der Waals surface area contributed by atoms with Crippen LogP contribution in [-0.2, 0) is 4.79 Å². The Labute approximate surface area is 125 Å². The monoisotopic (exact) mass is 291 g/mol. The molecule has 1 aromatic carbocycles. The third-order valence-corrected chi connectivity index (χ3v) is 4.00. The summed E-state index contributed by atoms with van der Waals surface area (Å²) >= 11 is 0. The van der Waals surface area contributed by atoms with E-state index in [1.165, 1.54) is 24.2 Å². The molecule has 3 rings (SSSR count). The number of hydrogen-bond acceptors (Lipinski definition) is 3. The molecule has 0 radical (unpaired) electrons. The molecule has 0 aromatic heterocycles. The zero-order valence-electron chi connectivity index (χ0n) is 12.3. The maximum absolute atomic E-state index is 12.1. The Bertz CT molecular complexity index is 498. The summed E-state index contributed by atoms with van der Waals surface area (Å²) in [5, 5.41) is 2.96. The molecule has 0 saturated carbocycles. The topological polar surface area (TPSA) is 52.0 Å². The Balaban J connectivity index is 1.59. The first kappa shape index (κ1) is 14.2. The summed E-state index contributed by atoms with van der Waals surface area (Å²) in [4.78, 5) is 13.5. The highest BCUT2D eigenvalue weighted by Crippen LogP contribution is 2.32. The predicted molar refractivity (Wildman–Crippen MR) is 80.1 cm³/mol.